The number of hydrogen-bond donors (Lipinski definition) is 4. The van der Waals surface area contributed by atoms with Gasteiger partial charge in [-0.3, -0.25) is 9.59 Å². The van der Waals surface area contributed by atoms with E-state index in [9.17, 15) is 26.4 Å². The van der Waals surface area contributed by atoms with Gasteiger partial charge in [-0.25, -0.2) is 31.3 Å². The normalized spacial score (nSPS) is 16.3. The summed E-state index contributed by atoms with van der Waals surface area (Å²) in [6.45, 7) is 5.52. The summed E-state index contributed by atoms with van der Waals surface area (Å²) in [4.78, 5) is 32.7. The molecule has 2 aromatic carbocycles. The van der Waals surface area contributed by atoms with Gasteiger partial charge in [-0.05, 0) is 56.0 Å². The number of benzene rings is 2. The lowest BCUT2D eigenvalue weighted by molar-refractivity contribution is -0.120. The van der Waals surface area contributed by atoms with Gasteiger partial charge in [0, 0.05) is 48.4 Å². The lowest BCUT2D eigenvalue weighted by Crippen LogP contribution is -2.30. The number of carbonyl (C=O) groups is 2. The predicted octanol–water partition coefficient (Wildman–Crippen LogP) is 4.05. The summed E-state index contributed by atoms with van der Waals surface area (Å²) < 4.78 is 55.6. The van der Waals surface area contributed by atoms with Gasteiger partial charge in [-0.15, -0.1) is 0 Å². The van der Waals surface area contributed by atoms with Crippen molar-refractivity contribution in [1.29, 1.82) is 0 Å². The van der Waals surface area contributed by atoms with Gasteiger partial charge in [0.25, 0.3) is 10.0 Å². The van der Waals surface area contributed by atoms with E-state index < -0.39 is 37.1 Å². The molecule has 1 saturated carbocycles. The van der Waals surface area contributed by atoms with Crippen molar-refractivity contribution in [3.8, 4) is 0 Å². The number of sulfonamides is 2. The highest BCUT2D eigenvalue weighted by atomic mass is 32.2. The first kappa shape index (κ1) is 32.0. The monoisotopic (exact) mass is 628 g/mol. The topological polar surface area (TPSA) is 176 Å². The molecule has 2 atom stereocenters. The maximum absolute atomic E-state index is 12.8. The minimum atomic E-state index is -4.04. The number of hydrogen-bond acceptors (Lipinski definition) is 10. The molecule has 4 N–H and O–H groups in total. The molecule has 0 bridgehead atoms. The summed E-state index contributed by atoms with van der Waals surface area (Å²) in [5, 5.41) is 5.54. The van der Waals surface area contributed by atoms with Gasteiger partial charge in [0.05, 0.1) is 10.1 Å². The second-order valence-corrected chi connectivity index (χ2v) is 14.1. The minimum Gasteiger partial charge on any atom is -0.340 e. The van der Waals surface area contributed by atoms with E-state index in [1.807, 2.05) is 19.9 Å². The first-order valence-electron chi connectivity index (χ1n) is 14.1. The summed E-state index contributed by atoms with van der Waals surface area (Å²) in [5.41, 5.74) is 2.42. The zero-order chi connectivity index (χ0) is 31.2. The smallest absolute Gasteiger partial charge is 0.264 e. The van der Waals surface area contributed by atoms with Gasteiger partial charge in [0.15, 0.2) is 0 Å². The number of aryl methyl sites for hydroxylation is 1. The largest absolute Gasteiger partial charge is 0.340 e. The van der Waals surface area contributed by atoms with Crippen molar-refractivity contribution in [3.63, 3.8) is 0 Å². The molecule has 14 heteroatoms. The Hall–Kier alpha value is -3.88. The van der Waals surface area contributed by atoms with Crippen molar-refractivity contribution in [2.75, 3.05) is 10.6 Å². The third-order valence-corrected chi connectivity index (χ3v) is 10.1. The molecule has 1 aliphatic carbocycles. The quantitative estimate of drug-likeness (QED) is 0.192. The Morgan fingerprint density at radius 2 is 1.70 bits per heavy atom. The van der Waals surface area contributed by atoms with Crippen LogP contribution >= 0.6 is 0 Å². The van der Waals surface area contributed by atoms with Crippen molar-refractivity contribution < 1.29 is 26.4 Å². The number of nitrogens with zero attached hydrogens (tertiary/aromatic N) is 2. The Bertz CT molecular complexity index is 1710. The molecular weight excluding hydrogens is 592 g/mol. The van der Waals surface area contributed by atoms with Crippen LogP contribution in [0.5, 0.6) is 0 Å². The van der Waals surface area contributed by atoms with Crippen LogP contribution in [0.25, 0.3) is 0 Å². The van der Waals surface area contributed by atoms with Crippen LogP contribution < -0.4 is 20.1 Å². The zero-order valence-corrected chi connectivity index (χ0v) is 25.9. The molecule has 0 radical (unpaired) electrons. The number of aromatic nitrogens is 2. The first-order valence-corrected chi connectivity index (χ1v) is 17.1. The molecule has 0 spiro atoms. The second-order valence-electron chi connectivity index (χ2n) is 10.4. The Morgan fingerprint density at radius 1 is 0.953 bits per heavy atom. The van der Waals surface area contributed by atoms with Crippen LogP contribution in [0.2, 0.25) is 0 Å². The lowest BCUT2D eigenvalue weighted by Gasteiger charge is -2.15. The first-order chi connectivity index (χ1) is 20.4. The van der Waals surface area contributed by atoms with E-state index in [0.29, 0.717) is 54.0 Å². The molecule has 0 saturated heterocycles. The molecule has 3 aromatic rings. The van der Waals surface area contributed by atoms with Crippen molar-refractivity contribution >= 4 is 54.9 Å². The van der Waals surface area contributed by atoms with Crippen LogP contribution in [0, 0.1) is 12.8 Å². The number of nitrogens with one attached hydrogen (secondary N) is 4. The summed E-state index contributed by atoms with van der Waals surface area (Å²) in [7, 11) is -7.70. The lowest BCUT2D eigenvalue weighted by atomic mass is 10.1. The summed E-state index contributed by atoms with van der Waals surface area (Å²) >= 11 is 0. The van der Waals surface area contributed by atoms with Gasteiger partial charge in [0.1, 0.15) is 11.6 Å². The number of anilines is 4. The number of carbonyl (C=O) groups excluding carboxylic acids is 2. The van der Waals surface area contributed by atoms with Crippen LogP contribution in [-0.4, -0.2) is 43.7 Å². The molecule has 4 rings (SSSR count). The van der Waals surface area contributed by atoms with Gasteiger partial charge >= 0.3 is 0 Å². The molecule has 1 fully saturated rings. The van der Waals surface area contributed by atoms with Gasteiger partial charge < -0.3 is 10.6 Å². The average Bonchev–Trinajstić information content (AvgIpc) is 3.77. The van der Waals surface area contributed by atoms with E-state index in [2.05, 4.69) is 30.0 Å². The van der Waals surface area contributed by atoms with E-state index in [-0.39, 0.29) is 29.6 Å². The SMILES string of the molecule is CCCC(=O)NS(=O)(=O)c1cccc(Nc2ncc(C)c(Nc3ccccc3CNS(=O)(=O)C3CC3C(=O)CCC)n2)c1. The molecular formula is C29H36N6O6S2. The summed E-state index contributed by atoms with van der Waals surface area (Å²) in [6, 6.07) is 13.1. The molecule has 12 nitrogen and oxygen atoms in total. The van der Waals surface area contributed by atoms with Crippen molar-refractivity contribution in [2.45, 2.75) is 69.6 Å². The highest BCUT2D eigenvalue weighted by Gasteiger charge is 2.50. The highest BCUT2D eigenvalue weighted by Crippen LogP contribution is 2.38. The third-order valence-electron chi connectivity index (χ3n) is 6.87. The van der Waals surface area contributed by atoms with Crippen LogP contribution in [0.1, 0.15) is 57.1 Å². The van der Waals surface area contributed by atoms with E-state index in [1.54, 1.807) is 37.4 Å². The third kappa shape index (κ3) is 8.36. The maximum atomic E-state index is 12.8. The highest BCUT2D eigenvalue weighted by molar-refractivity contribution is 7.90. The minimum absolute atomic E-state index is 0.00400. The number of rotatable bonds is 15. The van der Waals surface area contributed by atoms with E-state index in [0.717, 1.165) is 0 Å². The molecule has 1 amide bonds. The van der Waals surface area contributed by atoms with Gasteiger partial charge in [0.2, 0.25) is 21.9 Å². The number of para-hydroxylation sites is 1. The number of amides is 1. The zero-order valence-electron chi connectivity index (χ0n) is 24.3. The molecule has 0 aliphatic heterocycles. The Kier molecular flexibility index (Phi) is 10.1. The molecule has 1 aromatic heterocycles. The molecule has 43 heavy (non-hydrogen) atoms. The molecule has 1 heterocycles. The Balaban J connectivity index is 1.46. The molecule has 230 valence electrons. The van der Waals surface area contributed by atoms with Crippen molar-refractivity contribution in [2.24, 2.45) is 5.92 Å². The van der Waals surface area contributed by atoms with Crippen LogP contribution in [-0.2, 0) is 36.2 Å². The molecule has 2 unspecified atom stereocenters. The standard InChI is InChI=1S/C29H36N6O6S2/c1-4-9-25(36)23-16-26(23)43(40,41)31-18-20-11-6-7-14-24(20)33-28-19(3)17-30-29(34-28)32-21-12-8-13-22(15-21)42(38,39)35-27(37)10-5-2/h6-8,11-15,17,23,26,31H,4-5,9-10,16,18H2,1-3H3,(H,35,37)(H2,30,32,33,34). The van der Waals surface area contributed by atoms with Crippen LogP contribution in [0.3, 0.4) is 0 Å². The van der Waals surface area contributed by atoms with Crippen molar-refractivity contribution in [1.82, 2.24) is 19.4 Å². The Morgan fingerprint density at radius 3 is 2.44 bits per heavy atom. The second kappa shape index (κ2) is 13.6. The van der Waals surface area contributed by atoms with Gasteiger partial charge in [-0.1, -0.05) is 38.1 Å². The Labute approximate surface area is 252 Å². The van der Waals surface area contributed by atoms with Crippen LogP contribution in [0.4, 0.5) is 23.1 Å². The fourth-order valence-corrected chi connectivity index (χ4v) is 7.16. The van der Waals surface area contributed by atoms with E-state index in [1.165, 1.54) is 18.2 Å². The fourth-order valence-electron chi connectivity index (χ4n) is 4.48. The van der Waals surface area contributed by atoms with E-state index in [4.69, 9.17) is 0 Å². The predicted molar refractivity (Wildman–Crippen MR) is 164 cm³/mol. The number of ketones is 1. The van der Waals surface area contributed by atoms with Crippen LogP contribution in [0.15, 0.2) is 59.6 Å². The average molecular weight is 629 g/mol. The fraction of sp³-hybridized carbons (Fsp3) is 0.379. The summed E-state index contributed by atoms with van der Waals surface area (Å²) in [5.74, 6) is -0.370. The molecule has 1 aliphatic rings. The summed E-state index contributed by atoms with van der Waals surface area (Å²) in [6.07, 6.45) is 3.65. The van der Waals surface area contributed by atoms with Crippen molar-refractivity contribution in [3.05, 3.63) is 65.9 Å². The number of Topliss-reactive ketones (excluding diaryl/α,β-unsaturated/α-hetero) is 1. The van der Waals surface area contributed by atoms with E-state index >= 15 is 0 Å². The van der Waals surface area contributed by atoms with Gasteiger partial charge in [-0.2, -0.15) is 4.98 Å². The maximum Gasteiger partial charge on any atom is 0.264 e.